The lowest BCUT2D eigenvalue weighted by Gasteiger charge is -2.22. The van der Waals surface area contributed by atoms with E-state index in [-0.39, 0.29) is 11.3 Å². The molecule has 0 radical (unpaired) electrons. The van der Waals surface area contributed by atoms with E-state index in [1.54, 1.807) is 20.8 Å². The minimum atomic E-state index is -1.52. The molecule has 0 saturated heterocycles. The Hall–Kier alpha value is -1.69. The molecule has 1 atom stereocenters. The maximum absolute atomic E-state index is 13.8. The molecule has 1 unspecified atom stereocenters. The van der Waals surface area contributed by atoms with Gasteiger partial charge in [0.05, 0.1) is 10.6 Å². The van der Waals surface area contributed by atoms with Crippen LogP contribution in [0.1, 0.15) is 32.4 Å². The van der Waals surface area contributed by atoms with Crippen molar-refractivity contribution in [2.24, 2.45) is 0 Å². The molecular weight excluding hydrogens is 292 g/mol. The van der Waals surface area contributed by atoms with Crippen molar-refractivity contribution in [1.82, 2.24) is 5.32 Å². The Bertz CT molecular complexity index is 529. The lowest BCUT2D eigenvalue weighted by molar-refractivity contribution is -0.109. The van der Waals surface area contributed by atoms with Crippen LogP contribution >= 0.6 is 11.6 Å². The van der Waals surface area contributed by atoms with Crippen molar-refractivity contribution in [3.8, 4) is 0 Å². The van der Waals surface area contributed by atoms with Crippen LogP contribution in [0.25, 0.3) is 0 Å². The molecule has 0 aliphatic heterocycles. The summed E-state index contributed by atoms with van der Waals surface area (Å²) in [6.45, 7) is 4.84. The maximum atomic E-state index is 13.8. The SMILES string of the molecule is CC(C)(C)OC(=O)NC(C=O)c1c(F)ccc(Cl)c1F. The molecule has 0 aliphatic rings. The summed E-state index contributed by atoms with van der Waals surface area (Å²) in [6.07, 6.45) is -0.768. The molecule has 0 saturated carbocycles. The van der Waals surface area contributed by atoms with Gasteiger partial charge >= 0.3 is 6.09 Å². The Morgan fingerprint density at radius 1 is 1.40 bits per heavy atom. The van der Waals surface area contributed by atoms with Crippen molar-refractivity contribution in [3.63, 3.8) is 0 Å². The first kappa shape index (κ1) is 16.4. The van der Waals surface area contributed by atoms with E-state index in [9.17, 15) is 18.4 Å². The van der Waals surface area contributed by atoms with Crippen molar-refractivity contribution in [1.29, 1.82) is 0 Å². The summed E-state index contributed by atoms with van der Waals surface area (Å²) in [5.41, 5.74) is -1.43. The summed E-state index contributed by atoms with van der Waals surface area (Å²) >= 11 is 5.53. The van der Waals surface area contributed by atoms with Gasteiger partial charge in [0, 0.05) is 0 Å². The predicted molar refractivity (Wildman–Crippen MR) is 69.5 cm³/mol. The van der Waals surface area contributed by atoms with Crippen LogP contribution in [0.2, 0.25) is 5.02 Å². The number of benzene rings is 1. The number of nitrogens with one attached hydrogen (secondary N) is 1. The second kappa shape index (κ2) is 6.17. The Morgan fingerprint density at radius 3 is 2.50 bits per heavy atom. The zero-order valence-electron chi connectivity index (χ0n) is 11.2. The molecule has 20 heavy (non-hydrogen) atoms. The number of alkyl carbamates (subject to hydrolysis) is 1. The number of amides is 1. The van der Waals surface area contributed by atoms with Gasteiger partial charge in [-0.05, 0) is 32.9 Å². The molecule has 1 aromatic carbocycles. The summed E-state index contributed by atoms with van der Waals surface area (Å²) in [7, 11) is 0. The Kier molecular flexibility index (Phi) is 5.05. The highest BCUT2D eigenvalue weighted by Crippen LogP contribution is 2.25. The minimum absolute atomic E-state index is 0.196. The zero-order chi connectivity index (χ0) is 15.5. The highest BCUT2D eigenvalue weighted by Gasteiger charge is 2.25. The van der Waals surface area contributed by atoms with Crippen molar-refractivity contribution in [2.75, 3.05) is 0 Å². The fourth-order valence-electron chi connectivity index (χ4n) is 1.44. The zero-order valence-corrected chi connectivity index (χ0v) is 11.9. The lowest BCUT2D eigenvalue weighted by atomic mass is 10.1. The molecule has 1 amide bonds. The van der Waals surface area contributed by atoms with Gasteiger partial charge in [0.15, 0.2) is 0 Å². The third-order valence-electron chi connectivity index (χ3n) is 2.20. The van der Waals surface area contributed by atoms with E-state index in [0.29, 0.717) is 0 Å². The minimum Gasteiger partial charge on any atom is -0.444 e. The summed E-state index contributed by atoms with van der Waals surface area (Å²) in [5, 5.41) is 1.73. The monoisotopic (exact) mass is 305 g/mol. The molecule has 0 bridgehead atoms. The highest BCUT2D eigenvalue weighted by atomic mass is 35.5. The van der Waals surface area contributed by atoms with Gasteiger partial charge in [-0.25, -0.2) is 13.6 Å². The smallest absolute Gasteiger partial charge is 0.408 e. The summed E-state index contributed by atoms with van der Waals surface area (Å²) in [6, 6.07) is 0.405. The van der Waals surface area contributed by atoms with E-state index < -0.39 is 34.9 Å². The van der Waals surface area contributed by atoms with Crippen LogP contribution in [0.4, 0.5) is 13.6 Å². The van der Waals surface area contributed by atoms with Crippen molar-refractivity contribution in [3.05, 3.63) is 34.4 Å². The van der Waals surface area contributed by atoms with Crippen LogP contribution in [0.3, 0.4) is 0 Å². The van der Waals surface area contributed by atoms with E-state index in [1.807, 2.05) is 0 Å². The van der Waals surface area contributed by atoms with Gasteiger partial charge in [-0.2, -0.15) is 0 Å². The number of rotatable bonds is 3. The molecule has 1 aromatic rings. The molecule has 0 aliphatic carbocycles. The topological polar surface area (TPSA) is 55.4 Å². The summed E-state index contributed by atoms with van der Waals surface area (Å²) < 4.78 is 32.3. The third kappa shape index (κ3) is 4.16. The number of hydrogen-bond donors (Lipinski definition) is 1. The average molecular weight is 306 g/mol. The van der Waals surface area contributed by atoms with E-state index in [4.69, 9.17) is 16.3 Å². The molecule has 0 aromatic heterocycles. The third-order valence-corrected chi connectivity index (χ3v) is 2.49. The van der Waals surface area contributed by atoms with E-state index in [1.165, 1.54) is 0 Å². The Labute approximate surface area is 120 Å². The number of carbonyl (C=O) groups is 2. The van der Waals surface area contributed by atoms with Crippen molar-refractivity contribution >= 4 is 24.0 Å². The molecule has 0 heterocycles. The molecule has 4 nitrogen and oxygen atoms in total. The average Bonchev–Trinajstić information content (AvgIpc) is 2.30. The fraction of sp³-hybridized carbons (Fsp3) is 0.385. The van der Waals surface area contributed by atoms with Gasteiger partial charge in [0.2, 0.25) is 0 Å². The molecule has 1 N–H and O–H groups in total. The molecule has 0 fully saturated rings. The van der Waals surface area contributed by atoms with Gasteiger partial charge in [-0.1, -0.05) is 11.6 Å². The number of carbonyl (C=O) groups excluding carboxylic acids is 2. The summed E-state index contributed by atoms with van der Waals surface area (Å²) in [4.78, 5) is 22.5. The second-order valence-electron chi connectivity index (χ2n) is 5.02. The van der Waals surface area contributed by atoms with E-state index in [2.05, 4.69) is 5.32 Å². The molecular formula is C13H14ClF2NO3. The van der Waals surface area contributed by atoms with Gasteiger partial charge < -0.3 is 14.8 Å². The predicted octanol–water partition coefficient (Wildman–Crippen LogP) is 3.38. The molecule has 110 valence electrons. The van der Waals surface area contributed by atoms with Gasteiger partial charge in [-0.15, -0.1) is 0 Å². The first-order chi connectivity index (χ1) is 9.15. The number of ether oxygens (including phenoxy) is 1. The number of hydrogen-bond acceptors (Lipinski definition) is 3. The van der Waals surface area contributed by atoms with Crippen LogP contribution in [-0.2, 0) is 9.53 Å². The Morgan fingerprint density at radius 2 is 2.00 bits per heavy atom. The molecule has 0 spiro atoms. The van der Waals surface area contributed by atoms with Crippen molar-refractivity contribution in [2.45, 2.75) is 32.4 Å². The van der Waals surface area contributed by atoms with Crippen LogP contribution in [-0.4, -0.2) is 18.0 Å². The van der Waals surface area contributed by atoms with Crippen molar-refractivity contribution < 1.29 is 23.1 Å². The first-order valence-corrected chi connectivity index (χ1v) is 6.11. The maximum Gasteiger partial charge on any atom is 0.408 e. The number of aldehydes is 1. The quantitative estimate of drug-likeness (QED) is 0.688. The van der Waals surface area contributed by atoms with Gasteiger partial charge in [0.1, 0.15) is 29.6 Å². The van der Waals surface area contributed by atoms with Gasteiger partial charge in [-0.3, -0.25) is 0 Å². The Balaban J connectivity index is 3.01. The van der Waals surface area contributed by atoms with Crippen LogP contribution in [0.5, 0.6) is 0 Å². The second-order valence-corrected chi connectivity index (χ2v) is 5.42. The van der Waals surface area contributed by atoms with Crippen LogP contribution in [0.15, 0.2) is 12.1 Å². The van der Waals surface area contributed by atoms with Crippen LogP contribution < -0.4 is 5.32 Å². The summed E-state index contributed by atoms with van der Waals surface area (Å²) in [5.74, 6) is -2.08. The first-order valence-electron chi connectivity index (χ1n) is 5.74. The van der Waals surface area contributed by atoms with Crippen LogP contribution in [0, 0.1) is 11.6 Å². The largest absolute Gasteiger partial charge is 0.444 e. The normalized spacial score (nSPS) is 12.7. The molecule has 7 heteroatoms. The van der Waals surface area contributed by atoms with Gasteiger partial charge in [0.25, 0.3) is 0 Å². The fourth-order valence-corrected chi connectivity index (χ4v) is 1.60. The standard InChI is InChI=1S/C13H14ClF2NO3/c1-13(2,3)20-12(19)17-9(6-18)10-8(15)5-4-7(14)11(10)16/h4-6,9H,1-3H3,(H,17,19). The van der Waals surface area contributed by atoms with E-state index >= 15 is 0 Å². The highest BCUT2D eigenvalue weighted by molar-refractivity contribution is 6.30. The molecule has 1 rings (SSSR count). The van der Waals surface area contributed by atoms with E-state index in [0.717, 1.165) is 12.1 Å². The number of halogens is 3. The lowest BCUT2D eigenvalue weighted by Crippen LogP contribution is -2.36.